The van der Waals surface area contributed by atoms with Gasteiger partial charge in [0.2, 0.25) is 0 Å². The molecule has 0 unspecified atom stereocenters. The topological polar surface area (TPSA) is 73.5 Å². The number of nitrogens with zero attached hydrogens (tertiary/aromatic N) is 3. The normalized spacial score (nSPS) is 11.3. The van der Waals surface area contributed by atoms with Crippen molar-refractivity contribution in [2.75, 3.05) is 13.6 Å². The minimum atomic E-state index is -0.508. The molecule has 0 spiro atoms. The number of hydrogen-bond acceptors (Lipinski definition) is 6. The number of rotatable bonds is 9. The second-order valence-electron chi connectivity index (χ2n) is 8.27. The van der Waals surface area contributed by atoms with Crippen LogP contribution in [-0.4, -0.2) is 33.6 Å². The number of carbonyl (C=O) groups is 1. The van der Waals surface area contributed by atoms with Crippen LogP contribution < -0.4 is 11.2 Å². The number of esters is 1. The Morgan fingerprint density at radius 2 is 1.65 bits per heavy atom. The highest BCUT2D eigenvalue weighted by Gasteiger charge is 2.18. The molecule has 0 aliphatic rings. The molecule has 0 N–H and O–H groups in total. The second-order valence-corrected chi connectivity index (χ2v) is 9.30. The standard InChI is InChI=1S/C26H27N3O4S/c1-27(17-19-10-5-3-6-11-19)14-9-15-29-23(30)21-16-22(34-24(21)28(2)26(29)32)25(31)33-18-20-12-7-4-8-13-20/h3-8,10-13,16H,9,14-15,17-18H2,1-2H3. The number of ether oxygens (including phenoxy) is 1. The summed E-state index contributed by atoms with van der Waals surface area (Å²) < 4.78 is 8.08. The minimum absolute atomic E-state index is 0.146. The average molecular weight is 478 g/mol. The molecule has 2 aromatic carbocycles. The van der Waals surface area contributed by atoms with E-state index in [1.165, 1.54) is 20.8 Å². The van der Waals surface area contributed by atoms with Gasteiger partial charge in [-0.25, -0.2) is 9.59 Å². The summed E-state index contributed by atoms with van der Waals surface area (Å²) >= 11 is 1.10. The molecule has 0 fully saturated rings. The summed E-state index contributed by atoms with van der Waals surface area (Å²) in [5.74, 6) is -0.508. The van der Waals surface area contributed by atoms with Crippen molar-refractivity contribution in [3.05, 3.63) is 104 Å². The molecule has 4 rings (SSSR count). The fraction of sp³-hybridized carbons (Fsp3) is 0.269. The van der Waals surface area contributed by atoms with Crippen LogP contribution >= 0.6 is 11.3 Å². The Morgan fingerprint density at radius 1 is 1.00 bits per heavy atom. The average Bonchev–Trinajstić information content (AvgIpc) is 3.31. The SMILES string of the molecule is CN(CCCn1c(=O)c2cc(C(=O)OCc3ccccc3)sc2n(C)c1=O)Cc1ccccc1. The van der Waals surface area contributed by atoms with Crippen LogP contribution in [0, 0.1) is 0 Å². The van der Waals surface area contributed by atoms with E-state index in [1.54, 1.807) is 7.05 Å². The summed E-state index contributed by atoms with van der Waals surface area (Å²) in [6.07, 6.45) is 0.653. The largest absolute Gasteiger partial charge is 0.457 e. The quantitative estimate of drug-likeness (QED) is 0.344. The van der Waals surface area contributed by atoms with Gasteiger partial charge >= 0.3 is 11.7 Å². The second kappa shape index (κ2) is 10.6. The number of hydrogen-bond donors (Lipinski definition) is 0. The van der Waals surface area contributed by atoms with Crippen LogP contribution in [-0.2, 0) is 31.5 Å². The predicted molar refractivity (Wildman–Crippen MR) is 134 cm³/mol. The highest BCUT2D eigenvalue weighted by atomic mass is 32.1. The van der Waals surface area contributed by atoms with Gasteiger partial charge in [0, 0.05) is 20.1 Å². The first-order valence-corrected chi connectivity index (χ1v) is 11.9. The van der Waals surface area contributed by atoms with E-state index >= 15 is 0 Å². The highest BCUT2D eigenvalue weighted by molar-refractivity contribution is 7.20. The molecule has 176 valence electrons. The molecule has 0 saturated heterocycles. The van der Waals surface area contributed by atoms with Crippen molar-refractivity contribution in [1.29, 1.82) is 0 Å². The Bertz CT molecular complexity index is 1390. The third-order valence-corrected chi connectivity index (χ3v) is 6.83. The maximum Gasteiger partial charge on any atom is 0.348 e. The van der Waals surface area contributed by atoms with Crippen LogP contribution in [0.5, 0.6) is 0 Å². The van der Waals surface area contributed by atoms with E-state index in [9.17, 15) is 14.4 Å². The van der Waals surface area contributed by atoms with E-state index in [1.807, 2.05) is 55.6 Å². The maximum atomic E-state index is 13.1. The first-order valence-electron chi connectivity index (χ1n) is 11.1. The fourth-order valence-electron chi connectivity index (χ4n) is 3.85. The molecule has 4 aromatic rings. The summed E-state index contributed by atoms with van der Waals surface area (Å²) in [6.45, 7) is 1.99. The molecule has 0 aliphatic carbocycles. The third-order valence-electron chi connectivity index (χ3n) is 5.64. The molecule has 2 heterocycles. The van der Waals surface area contributed by atoms with E-state index < -0.39 is 5.97 Å². The lowest BCUT2D eigenvalue weighted by molar-refractivity contribution is 0.0478. The van der Waals surface area contributed by atoms with Gasteiger partial charge in [0.15, 0.2) is 0 Å². The molecule has 0 aliphatic heterocycles. The zero-order valence-corrected chi connectivity index (χ0v) is 20.1. The van der Waals surface area contributed by atoms with Gasteiger partial charge in [-0.2, -0.15) is 0 Å². The Hall–Kier alpha value is -3.49. The van der Waals surface area contributed by atoms with Gasteiger partial charge < -0.3 is 9.64 Å². The van der Waals surface area contributed by atoms with Crippen molar-refractivity contribution in [2.24, 2.45) is 7.05 Å². The third kappa shape index (κ3) is 5.35. The van der Waals surface area contributed by atoms with E-state index in [0.717, 1.165) is 30.0 Å². The first-order chi connectivity index (χ1) is 16.4. The van der Waals surface area contributed by atoms with E-state index in [4.69, 9.17) is 4.74 Å². The molecule has 0 radical (unpaired) electrons. The fourth-order valence-corrected chi connectivity index (χ4v) is 4.85. The van der Waals surface area contributed by atoms with Crippen molar-refractivity contribution >= 4 is 27.5 Å². The van der Waals surface area contributed by atoms with Crippen LogP contribution in [0.2, 0.25) is 0 Å². The van der Waals surface area contributed by atoms with Crippen molar-refractivity contribution in [3.8, 4) is 0 Å². The highest BCUT2D eigenvalue weighted by Crippen LogP contribution is 2.23. The molecule has 0 bridgehead atoms. The number of fused-ring (bicyclic) bond motifs is 1. The smallest absolute Gasteiger partial charge is 0.348 e. The van der Waals surface area contributed by atoms with Gasteiger partial charge in [-0.3, -0.25) is 13.9 Å². The summed E-state index contributed by atoms with van der Waals surface area (Å²) in [4.78, 5) is 41.4. The van der Waals surface area contributed by atoms with Crippen molar-refractivity contribution < 1.29 is 9.53 Å². The zero-order valence-electron chi connectivity index (χ0n) is 19.3. The summed E-state index contributed by atoms with van der Waals surface area (Å²) in [5, 5.41) is 0.358. The van der Waals surface area contributed by atoms with Crippen LogP contribution in [0.4, 0.5) is 0 Å². The monoisotopic (exact) mass is 477 g/mol. The predicted octanol–water partition coefficient (Wildman–Crippen LogP) is 3.64. The number of carbonyl (C=O) groups excluding carboxylic acids is 1. The Kier molecular flexibility index (Phi) is 7.40. The maximum absolute atomic E-state index is 13.1. The Balaban J connectivity index is 1.46. The van der Waals surface area contributed by atoms with Crippen molar-refractivity contribution in [3.63, 3.8) is 0 Å². The Labute approximate surface area is 201 Å². The summed E-state index contributed by atoms with van der Waals surface area (Å²) in [7, 11) is 3.64. The van der Waals surface area contributed by atoms with Gasteiger partial charge in [0.25, 0.3) is 5.56 Å². The summed E-state index contributed by atoms with van der Waals surface area (Å²) in [5.41, 5.74) is 1.34. The minimum Gasteiger partial charge on any atom is -0.457 e. The molecular formula is C26H27N3O4S. The molecule has 2 aromatic heterocycles. The first kappa shape index (κ1) is 23.7. The van der Waals surface area contributed by atoms with E-state index in [0.29, 0.717) is 28.1 Å². The van der Waals surface area contributed by atoms with E-state index in [2.05, 4.69) is 17.0 Å². The number of aromatic nitrogens is 2. The molecule has 8 heteroatoms. The summed E-state index contributed by atoms with van der Waals surface area (Å²) in [6, 6.07) is 21.1. The lowest BCUT2D eigenvalue weighted by Crippen LogP contribution is -2.39. The number of thiophene rings is 1. The molecule has 34 heavy (non-hydrogen) atoms. The number of aryl methyl sites for hydroxylation is 1. The van der Waals surface area contributed by atoms with Crippen LogP contribution in [0.1, 0.15) is 27.2 Å². The van der Waals surface area contributed by atoms with Gasteiger partial charge in [-0.1, -0.05) is 60.7 Å². The molecule has 7 nitrogen and oxygen atoms in total. The van der Waals surface area contributed by atoms with Gasteiger partial charge in [0.05, 0.1) is 5.39 Å². The van der Waals surface area contributed by atoms with Gasteiger partial charge in [0.1, 0.15) is 16.3 Å². The lowest BCUT2D eigenvalue weighted by Gasteiger charge is -2.17. The molecule has 0 saturated carbocycles. The Morgan fingerprint density at radius 3 is 2.32 bits per heavy atom. The van der Waals surface area contributed by atoms with Crippen molar-refractivity contribution in [1.82, 2.24) is 14.0 Å². The number of benzene rings is 2. The van der Waals surface area contributed by atoms with E-state index in [-0.39, 0.29) is 17.9 Å². The zero-order chi connectivity index (χ0) is 24.1. The van der Waals surface area contributed by atoms with Gasteiger partial charge in [-0.05, 0) is 37.2 Å². The van der Waals surface area contributed by atoms with Crippen LogP contribution in [0.15, 0.2) is 76.3 Å². The molecule has 0 atom stereocenters. The van der Waals surface area contributed by atoms with Crippen LogP contribution in [0.3, 0.4) is 0 Å². The molecule has 0 amide bonds. The van der Waals surface area contributed by atoms with Crippen molar-refractivity contribution in [2.45, 2.75) is 26.1 Å². The molecular weight excluding hydrogens is 450 g/mol. The lowest BCUT2D eigenvalue weighted by atomic mass is 10.2. The van der Waals surface area contributed by atoms with Crippen LogP contribution in [0.25, 0.3) is 10.2 Å². The van der Waals surface area contributed by atoms with Gasteiger partial charge in [-0.15, -0.1) is 11.3 Å².